The summed E-state index contributed by atoms with van der Waals surface area (Å²) in [5, 5.41) is 25.2. The van der Waals surface area contributed by atoms with Crippen molar-refractivity contribution in [3.8, 4) is 11.3 Å². The predicted octanol–water partition coefficient (Wildman–Crippen LogP) is 2.72. The zero-order valence-corrected chi connectivity index (χ0v) is 24.6. The molecule has 2 fully saturated rings. The number of piperidine rings is 1. The van der Waals surface area contributed by atoms with Crippen molar-refractivity contribution in [2.75, 3.05) is 71.4 Å². The number of aliphatic hydroxyl groups is 2. The maximum Gasteiger partial charge on any atom is 0.417 e. The van der Waals surface area contributed by atoms with E-state index in [1.807, 2.05) is 0 Å². The van der Waals surface area contributed by atoms with Crippen molar-refractivity contribution >= 4 is 17.7 Å². The summed E-state index contributed by atoms with van der Waals surface area (Å²) in [6, 6.07) is 4.11. The Kier molecular flexibility index (Phi) is 10.5. The minimum atomic E-state index is -4.50. The third-order valence-electron chi connectivity index (χ3n) is 8.25. The van der Waals surface area contributed by atoms with Crippen molar-refractivity contribution in [1.29, 1.82) is 0 Å². The summed E-state index contributed by atoms with van der Waals surface area (Å²) in [4.78, 5) is 18.5. The number of β-amino-alcohol motifs (C(OH)–C–C–N with tert-alkyl or cyclic N) is 1. The molecule has 1 amide bonds. The Morgan fingerprint density at radius 3 is 2.52 bits per heavy atom. The molecule has 2 saturated heterocycles. The van der Waals surface area contributed by atoms with Gasteiger partial charge in [0, 0.05) is 73.2 Å². The van der Waals surface area contributed by atoms with Crippen LogP contribution in [0.5, 0.6) is 0 Å². The van der Waals surface area contributed by atoms with Gasteiger partial charge in [-0.3, -0.25) is 14.4 Å². The van der Waals surface area contributed by atoms with E-state index in [1.54, 1.807) is 15.6 Å². The van der Waals surface area contributed by atoms with E-state index in [-0.39, 0.29) is 18.0 Å². The molecule has 0 spiro atoms. The number of nitrogens with zero attached hydrogens (tertiary/aromatic N) is 5. The molecule has 3 aliphatic heterocycles. The smallest absolute Gasteiger partial charge is 0.390 e. The van der Waals surface area contributed by atoms with E-state index in [0.717, 1.165) is 56.3 Å². The molecular weight excluding hydrogens is 571 g/mol. The molecule has 5 rings (SSSR count). The second-order valence-corrected chi connectivity index (χ2v) is 12.3. The lowest BCUT2D eigenvalue weighted by atomic mass is 9.99. The first kappa shape index (κ1) is 31.3. The second kappa shape index (κ2) is 14.1. The molecule has 0 aliphatic carbocycles. The molecule has 13 heteroatoms. The van der Waals surface area contributed by atoms with Crippen LogP contribution in [-0.4, -0.2) is 118 Å². The molecule has 1 aromatic carbocycles. The van der Waals surface area contributed by atoms with E-state index in [4.69, 9.17) is 9.84 Å². The summed E-state index contributed by atoms with van der Waals surface area (Å²) in [7, 11) is 0. The molecular formula is C29H40F3N5O4S. The fourth-order valence-electron chi connectivity index (χ4n) is 6.02. The highest BCUT2D eigenvalue weighted by atomic mass is 32.2. The number of carbonyl (C=O) groups is 1. The first-order valence-corrected chi connectivity index (χ1v) is 15.7. The van der Waals surface area contributed by atoms with Gasteiger partial charge in [0.2, 0.25) is 5.91 Å². The first-order chi connectivity index (χ1) is 20.2. The number of amides is 1. The van der Waals surface area contributed by atoms with E-state index in [2.05, 4.69) is 9.80 Å². The quantitative estimate of drug-likeness (QED) is 0.397. The lowest BCUT2D eigenvalue weighted by molar-refractivity contribution is -0.139. The Hall–Kier alpha value is -2.16. The van der Waals surface area contributed by atoms with Gasteiger partial charge >= 0.3 is 6.18 Å². The van der Waals surface area contributed by atoms with Gasteiger partial charge in [0.25, 0.3) is 0 Å². The van der Waals surface area contributed by atoms with Crippen LogP contribution >= 0.6 is 11.8 Å². The Morgan fingerprint density at radius 2 is 1.81 bits per heavy atom. The number of aromatic nitrogens is 2. The van der Waals surface area contributed by atoms with E-state index in [0.29, 0.717) is 56.3 Å². The highest BCUT2D eigenvalue weighted by molar-refractivity contribution is 7.99. The number of alkyl halides is 3. The number of ether oxygens (including phenoxy) is 1. The van der Waals surface area contributed by atoms with Gasteiger partial charge < -0.3 is 24.7 Å². The van der Waals surface area contributed by atoms with E-state index in [1.165, 1.54) is 24.2 Å². The molecule has 232 valence electrons. The minimum absolute atomic E-state index is 0.140. The lowest BCUT2D eigenvalue weighted by Gasteiger charge is -2.29. The molecule has 1 aromatic heterocycles. The largest absolute Gasteiger partial charge is 0.417 e. The fourth-order valence-corrected chi connectivity index (χ4v) is 7.14. The van der Waals surface area contributed by atoms with Crippen LogP contribution in [0.25, 0.3) is 11.3 Å². The first-order valence-electron chi connectivity index (χ1n) is 14.7. The Balaban J connectivity index is 1.42. The molecule has 0 bridgehead atoms. The number of morpholine rings is 1. The summed E-state index contributed by atoms with van der Waals surface area (Å²) in [5.74, 6) is 0.0943. The van der Waals surface area contributed by atoms with Gasteiger partial charge in [-0.15, -0.1) is 11.8 Å². The van der Waals surface area contributed by atoms with Crippen molar-refractivity contribution in [2.45, 2.75) is 55.9 Å². The number of carbonyl (C=O) groups excluding carboxylic acids is 1. The number of rotatable bonds is 10. The molecule has 1 atom stereocenters. The van der Waals surface area contributed by atoms with E-state index < -0.39 is 30.4 Å². The summed E-state index contributed by atoms with van der Waals surface area (Å²) in [6.07, 6.45) is -1.25. The number of halogens is 3. The van der Waals surface area contributed by atoms with Crippen LogP contribution in [0.1, 0.15) is 36.1 Å². The Bertz CT molecular complexity index is 1210. The molecule has 0 saturated carbocycles. The monoisotopic (exact) mass is 611 g/mol. The number of hydrogen-bond acceptors (Lipinski definition) is 8. The van der Waals surface area contributed by atoms with Gasteiger partial charge in [0.15, 0.2) is 0 Å². The van der Waals surface area contributed by atoms with Crippen LogP contribution in [-0.2, 0) is 35.2 Å². The van der Waals surface area contributed by atoms with Crippen LogP contribution < -0.4 is 0 Å². The van der Waals surface area contributed by atoms with Gasteiger partial charge in [0.05, 0.1) is 37.1 Å². The van der Waals surface area contributed by atoms with E-state index in [9.17, 15) is 28.2 Å². The normalized spacial score (nSPS) is 19.6. The second-order valence-electron chi connectivity index (χ2n) is 11.2. The van der Waals surface area contributed by atoms with E-state index >= 15 is 0 Å². The van der Waals surface area contributed by atoms with Gasteiger partial charge in [0.1, 0.15) is 6.61 Å². The number of benzene rings is 1. The van der Waals surface area contributed by atoms with Gasteiger partial charge in [-0.05, 0) is 38.1 Å². The number of fused-ring (bicyclic) bond motifs is 1. The maximum absolute atomic E-state index is 14.0. The van der Waals surface area contributed by atoms with Gasteiger partial charge in [-0.25, -0.2) is 0 Å². The van der Waals surface area contributed by atoms with Crippen molar-refractivity contribution in [3.05, 3.63) is 35.0 Å². The summed E-state index contributed by atoms with van der Waals surface area (Å²) in [5.41, 5.74) is 1.98. The highest BCUT2D eigenvalue weighted by Gasteiger charge is 2.35. The van der Waals surface area contributed by atoms with Crippen molar-refractivity contribution in [1.82, 2.24) is 24.5 Å². The SMILES string of the molecule is O=C(CO)N1CCc2c(c(-c3ccc(C(F)(F)F)c(SCCN4CCOCC4)c3)nn2CC(O)CN2CCCCC2)C1. The number of hydrogen-bond donors (Lipinski definition) is 2. The van der Waals surface area contributed by atoms with Crippen molar-refractivity contribution < 1.29 is 32.9 Å². The standard InChI is InChI=1S/C29H40F3N5O4S/c30-29(31,32)24-5-4-21(16-26(24)42-15-12-34-10-13-41-14-11-34)28-23-19-36(27(40)20-38)9-6-25(23)37(33-28)18-22(39)17-35-7-2-1-3-8-35/h4-5,16,22,38-39H,1-3,6-15,17-20H2. The Labute approximate surface area is 248 Å². The zero-order chi connectivity index (χ0) is 29.7. The van der Waals surface area contributed by atoms with Crippen molar-refractivity contribution in [3.63, 3.8) is 0 Å². The van der Waals surface area contributed by atoms with Crippen molar-refractivity contribution in [2.24, 2.45) is 0 Å². The van der Waals surface area contributed by atoms with Gasteiger partial charge in [-0.2, -0.15) is 18.3 Å². The number of thioether (sulfide) groups is 1. The molecule has 4 heterocycles. The Morgan fingerprint density at radius 1 is 1.05 bits per heavy atom. The van der Waals surface area contributed by atoms with Crippen LogP contribution in [0.2, 0.25) is 0 Å². The zero-order valence-electron chi connectivity index (χ0n) is 23.8. The number of likely N-dealkylation sites (tertiary alicyclic amines) is 1. The van der Waals surface area contributed by atoms with Crippen LogP contribution in [0.15, 0.2) is 23.1 Å². The highest BCUT2D eigenvalue weighted by Crippen LogP contribution is 2.40. The van der Waals surface area contributed by atoms with Crippen LogP contribution in [0.4, 0.5) is 13.2 Å². The molecule has 2 aromatic rings. The van der Waals surface area contributed by atoms with Gasteiger partial charge in [-0.1, -0.05) is 12.5 Å². The molecule has 3 aliphatic rings. The van der Waals surface area contributed by atoms with Crippen LogP contribution in [0.3, 0.4) is 0 Å². The molecule has 2 N–H and O–H groups in total. The summed E-state index contributed by atoms with van der Waals surface area (Å²) in [6.45, 7) is 6.13. The van der Waals surface area contributed by atoms with Crippen LogP contribution in [0, 0.1) is 0 Å². The summed E-state index contributed by atoms with van der Waals surface area (Å²) < 4.78 is 49.1. The minimum Gasteiger partial charge on any atom is -0.390 e. The summed E-state index contributed by atoms with van der Waals surface area (Å²) >= 11 is 1.18. The average molecular weight is 612 g/mol. The third kappa shape index (κ3) is 7.67. The lowest BCUT2D eigenvalue weighted by Crippen LogP contribution is -2.39. The predicted molar refractivity (Wildman–Crippen MR) is 153 cm³/mol. The topological polar surface area (TPSA) is 94.3 Å². The third-order valence-corrected chi connectivity index (χ3v) is 9.29. The molecule has 42 heavy (non-hydrogen) atoms. The fraction of sp³-hybridized carbons (Fsp3) is 0.655. The average Bonchev–Trinajstić information content (AvgIpc) is 3.34. The maximum atomic E-state index is 14.0. The molecule has 9 nitrogen and oxygen atoms in total. The molecule has 0 radical (unpaired) electrons. The number of aliphatic hydroxyl groups excluding tert-OH is 2. The molecule has 1 unspecified atom stereocenters.